The first kappa shape index (κ1) is 23.2. The van der Waals surface area contributed by atoms with Gasteiger partial charge in [-0.3, -0.25) is 4.39 Å². The molecular formula is C27H40F2O2. The van der Waals surface area contributed by atoms with Gasteiger partial charge >= 0.3 is 0 Å². The Balaban J connectivity index is 1.22. The summed E-state index contributed by atoms with van der Waals surface area (Å²) in [5.41, 5.74) is 1.21. The van der Waals surface area contributed by atoms with Gasteiger partial charge in [-0.05, 0) is 100 Å². The van der Waals surface area contributed by atoms with Crippen molar-refractivity contribution in [3.05, 3.63) is 36.2 Å². The van der Waals surface area contributed by atoms with E-state index in [-0.39, 0.29) is 30.6 Å². The van der Waals surface area contributed by atoms with Crippen molar-refractivity contribution in [3.63, 3.8) is 0 Å². The highest BCUT2D eigenvalue weighted by molar-refractivity contribution is 5.30. The molecule has 3 aliphatic carbocycles. The molecule has 1 aliphatic heterocycles. The molecule has 1 atom stereocenters. The molecule has 0 radical (unpaired) electrons. The lowest BCUT2D eigenvalue weighted by Crippen LogP contribution is -2.38. The second-order valence-electron chi connectivity index (χ2n) is 10.4. The molecule has 0 spiro atoms. The highest BCUT2D eigenvalue weighted by atomic mass is 19.1. The first-order valence-corrected chi connectivity index (χ1v) is 12.6. The van der Waals surface area contributed by atoms with Gasteiger partial charge in [0.05, 0.1) is 19.9 Å². The fraction of sp³-hybridized carbons (Fsp3) is 0.778. The average Bonchev–Trinajstić information content (AvgIpc) is 2.83. The predicted molar refractivity (Wildman–Crippen MR) is 121 cm³/mol. The van der Waals surface area contributed by atoms with Gasteiger partial charge in [0, 0.05) is 17.8 Å². The summed E-state index contributed by atoms with van der Waals surface area (Å²) < 4.78 is 40.0. The molecule has 1 saturated heterocycles. The van der Waals surface area contributed by atoms with Crippen molar-refractivity contribution in [2.45, 2.75) is 76.9 Å². The normalized spacial score (nSPS) is 39.5. The molecule has 4 aliphatic rings. The Kier molecular flexibility index (Phi) is 8.39. The number of halogens is 2. The second kappa shape index (κ2) is 11.2. The minimum Gasteiger partial charge on any atom is -0.352 e. The van der Waals surface area contributed by atoms with Crippen molar-refractivity contribution >= 4 is 0 Å². The van der Waals surface area contributed by atoms with Crippen molar-refractivity contribution in [2.24, 2.45) is 35.5 Å². The first-order chi connectivity index (χ1) is 15.2. The van der Waals surface area contributed by atoms with E-state index in [4.69, 9.17) is 9.47 Å². The van der Waals surface area contributed by atoms with Crippen LogP contribution >= 0.6 is 0 Å². The highest BCUT2D eigenvalue weighted by Gasteiger charge is 2.35. The third kappa shape index (κ3) is 5.87. The lowest BCUT2D eigenvalue weighted by Gasteiger charge is -2.38. The standard InChI is InChI=1S/C27H40F2O2/c1-2-3-4-20-17-30-27(31-18-20)23-11-9-21(10-12-23)24-13-14-25(26(29)15-24)22-7-5-19(16-28)6-8-22/h2,13,15,19-23,25,27H,1,3-12,14,16-18H2. The minimum atomic E-state index is -0.213. The molecule has 0 amide bonds. The van der Waals surface area contributed by atoms with Crippen molar-refractivity contribution in [1.29, 1.82) is 0 Å². The smallest absolute Gasteiger partial charge is 0.160 e. The Morgan fingerprint density at radius 2 is 1.61 bits per heavy atom. The molecule has 4 rings (SSSR count). The molecule has 2 saturated carbocycles. The topological polar surface area (TPSA) is 18.5 Å². The Labute approximate surface area is 187 Å². The van der Waals surface area contributed by atoms with Gasteiger partial charge in [-0.25, -0.2) is 4.39 Å². The van der Waals surface area contributed by atoms with E-state index in [1.807, 2.05) is 12.2 Å². The number of alkyl halides is 1. The van der Waals surface area contributed by atoms with Gasteiger partial charge in [-0.2, -0.15) is 0 Å². The molecule has 1 unspecified atom stereocenters. The molecular weight excluding hydrogens is 394 g/mol. The van der Waals surface area contributed by atoms with E-state index < -0.39 is 0 Å². The number of hydrogen-bond acceptors (Lipinski definition) is 2. The Bertz CT molecular complexity index is 634. The number of rotatable bonds is 7. The third-order valence-electron chi connectivity index (χ3n) is 8.34. The van der Waals surface area contributed by atoms with Gasteiger partial charge in [-0.1, -0.05) is 12.2 Å². The van der Waals surface area contributed by atoms with E-state index in [9.17, 15) is 4.39 Å². The molecule has 1 heterocycles. The van der Waals surface area contributed by atoms with Crippen LogP contribution in [0.25, 0.3) is 0 Å². The van der Waals surface area contributed by atoms with E-state index in [1.165, 1.54) is 5.57 Å². The molecule has 0 bridgehead atoms. The van der Waals surface area contributed by atoms with Crippen LogP contribution in [-0.4, -0.2) is 26.2 Å². The van der Waals surface area contributed by atoms with Crippen LogP contribution in [0.5, 0.6) is 0 Å². The molecule has 0 aromatic rings. The zero-order valence-electron chi connectivity index (χ0n) is 19.0. The zero-order chi connectivity index (χ0) is 21.6. The number of allylic oxidation sites excluding steroid dienone is 5. The van der Waals surface area contributed by atoms with Crippen LogP contribution in [0.1, 0.15) is 70.6 Å². The molecule has 0 aromatic heterocycles. The van der Waals surface area contributed by atoms with Crippen LogP contribution in [0.15, 0.2) is 36.2 Å². The number of ether oxygens (including phenoxy) is 2. The van der Waals surface area contributed by atoms with Gasteiger partial charge in [0.1, 0.15) is 5.83 Å². The Morgan fingerprint density at radius 1 is 0.935 bits per heavy atom. The first-order valence-electron chi connectivity index (χ1n) is 12.6. The average molecular weight is 435 g/mol. The number of hydrogen-bond donors (Lipinski definition) is 0. The van der Waals surface area contributed by atoms with Gasteiger partial charge in [0.15, 0.2) is 6.29 Å². The summed E-state index contributed by atoms with van der Waals surface area (Å²) in [6.45, 7) is 5.17. The van der Waals surface area contributed by atoms with Crippen LogP contribution in [-0.2, 0) is 9.47 Å². The highest BCUT2D eigenvalue weighted by Crippen LogP contribution is 2.44. The van der Waals surface area contributed by atoms with Crippen LogP contribution < -0.4 is 0 Å². The van der Waals surface area contributed by atoms with Crippen LogP contribution in [0.3, 0.4) is 0 Å². The van der Waals surface area contributed by atoms with Gasteiger partial charge in [-0.15, -0.1) is 6.58 Å². The summed E-state index contributed by atoms with van der Waals surface area (Å²) >= 11 is 0. The van der Waals surface area contributed by atoms with Crippen LogP contribution in [0.2, 0.25) is 0 Å². The van der Waals surface area contributed by atoms with Gasteiger partial charge < -0.3 is 9.47 Å². The monoisotopic (exact) mass is 434 g/mol. The molecule has 3 fully saturated rings. The Hall–Kier alpha value is -1.00. The molecule has 2 nitrogen and oxygen atoms in total. The maximum atomic E-state index is 15.0. The maximum absolute atomic E-state index is 15.0. The van der Waals surface area contributed by atoms with Gasteiger partial charge in [0.2, 0.25) is 0 Å². The largest absolute Gasteiger partial charge is 0.352 e. The SMILES string of the molecule is C=CCCC1COC(C2CCC(C3=CCC(C4CCC(CF)CC4)C(F)=C3)CC2)OC1. The molecule has 4 heteroatoms. The predicted octanol–water partition coefficient (Wildman–Crippen LogP) is 7.32. The lowest BCUT2D eigenvalue weighted by molar-refractivity contribution is -0.229. The van der Waals surface area contributed by atoms with E-state index >= 15 is 4.39 Å². The lowest BCUT2D eigenvalue weighted by atomic mass is 9.71. The van der Waals surface area contributed by atoms with Crippen molar-refractivity contribution in [3.8, 4) is 0 Å². The quantitative estimate of drug-likeness (QED) is 0.391. The van der Waals surface area contributed by atoms with Crippen molar-refractivity contribution in [2.75, 3.05) is 19.9 Å². The van der Waals surface area contributed by atoms with E-state index in [0.29, 0.717) is 23.7 Å². The Morgan fingerprint density at radius 3 is 2.23 bits per heavy atom. The zero-order valence-corrected chi connectivity index (χ0v) is 19.0. The third-order valence-corrected chi connectivity index (χ3v) is 8.34. The summed E-state index contributed by atoms with van der Waals surface area (Å²) in [6.07, 6.45) is 17.2. The van der Waals surface area contributed by atoms with Crippen molar-refractivity contribution < 1.29 is 18.3 Å². The molecule has 31 heavy (non-hydrogen) atoms. The van der Waals surface area contributed by atoms with E-state index in [2.05, 4.69) is 12.7 Å². The molecule has 0 N–H and O–H groups in total. The summed E-state index contributed by atoms with van der Waals surface area (Å²) in [4.78, 5) is 0. The van der Waals surface area contributed by atoms with Crippen molar-refractivity contribution in [1.82, 2.24) is 0 Å². The van der Waals surface area contributed by atoms with E-state index in [1.54, 1.807) is 0 Å². The molecule has 0 aromatic carbocycles. The summed E-state index contributed by atoms with van der Waals surface area (Å²) in [7, 11) is 0. The maximum Gasteiger partial charge on any atom is 0.160 e. The fourth-order valence-corrected chi connectivity index (χ4v) is 6.22. The minimum absolute atomic E-state index is 0.0266. The molecule has 174 valence electrons. The van der Waals surface area contributed by atoms with Gasteiger partial charge in [0.25, 0.3) is 0 Å². The second-order valence-corrected chi connectivity index (χ2v) is 10.4. The summed E-state index contributed by atoms with van der Waals surface area (Å²) in [5.74, 6) is 2.13. The van der Waals surface area contributed by atoms with Crippen LogP contribution in [0, 0.1) is 35.5 Å². The van der Waals surface area contributed by atoms with E-state index in [0.717, 1.165) is 83.8 Å². The summed E-state index contributed by atoms with van der Waals surface area (Å²) in [5, 5.41) is 0. The summed E-state index contributed by atoms with van der Waals surface area (Å²) in [6, 6.07) is 0. The van der Waals surface area contributed by atoms with Crippen LogP contribution in [0.4, 0.5) is 8.78 Å². The fourth-order valence-electron chi connectivity index (χ4n) is 6.22.